The van der Waals surface area contributed by atoms with Crippen molar-refractivity contribution in [1.29, 1.82) is 5.26 Å². The van der Waals surface area contributed by atoms with Crippen LogP contribution in [0.3, 0.4) is 0 Å². The highest BCUT2D eigenvalue weighted by Gasteiger charge is 2.06. The fourth-order valence-electron chi connectivity index (χ4n) is 1.45. The minimum absolute atomic E-state index is 0.281. The molecule has 1 atom stereocenters. The highest BCUT2D eigenvalue weighted by Crippen LogP contribution is 2.13. The third-order valence-corrected chi connectivity index (χ3v) is 3.71. The summed E-state index contributed by atoms with van der Waals surface area (Å²) < 4.78 is 24.7. The van der Waals surface area contributed by atoms with Crippen molar-refractivity contribution in [1.82, 2.24) is 4.98 Å². The first kappa shape index (κ1) is 12.4. The Balaban J connectivity index is 2.16. The predicted octanol–water partition coefficient (Wildman–Crippen LogP) is 2.40. The Morgan fingerprint density at radius 2 is 2.00 bits per heavy atom. The molecule has 1 unspecified atom stereocenters. The Kier molecular flexibility index (Phi) is 3.80. The molecule has 0 saturated carbocycles. The van der Waals surface area contributed by atoms with Gasteiger partial charge in [-0.2, -0.15) is 5.26 Å². The average Bonchev–Trinajstić information content (AvgIpc) is 2.39. The van der Waals surface area contributed by atoms with Crippen LogP contribution in [0.15, 0.2) is 47.5 Å². The zero-order chi connectivity index (χ0) is 13.0. The number of aromatic nitrogens is 1. The minimum atomic E-state index is -1.26. The van der Waals surface area contributed by atoms with Crippen LogP contribution < -0.4 is 0 Å². The Morgan fingerprint density at radius 3 is 2.67 bits per heavy atom. The van der Waals surface area contributed by atoms with E-state index in [-0.39, 0.29) is 11.6 Å². The number of nitriles is 1. The van der Waals surface area contributed by atoms with Crippen LogP contribution in [0.25, 0.3) is 0 Å². The van der Waals surface area contributed by atoms with Crippen LogP contribution >= 0.6 is 0 Å². The first-order valence-electron chi connectivity index (χ1n) is 5.18. The monoisotopic (exact) mass is 260 g/mol. The maximum atomic E-state index is 12.7. The van der Waals surface area contributed by atoms with E-state index in [1.165, 1.54) is 30.5 Å². The molecule has 1 aromatic heterocycles. The van der Waals surface area contributed by atoms with E-state index in [1.54, 1.807) is 12.1 Å². The second kappa shape index (κ2) is 5.52. The van der Waals surface area contributed by atoms with Gasteiger partial charge in [-0.25, -0.2) is 9.37 Å². The molecule has 0 saturated heterocycles. The molecule has 2 rings (SSSR count). The lowest BCUT2D eigenvalue weighted by Crippen LogP contribution is -1.97. The number of rotatable bonds is 3. The minimum Gasteiger partial charge on any atom is -0.254 e. The van der Waals surface area contributed by atoms with Crippen molar-refractivity contribution >= 4 is 10.8 Å². The smallest absolute Gasteiger partial charge is 0.140 e. The van der Waals surface area contributed by atoms with E-state index in [4.69, 9.17) is 5.26 Å². The van der Waals surface area contributed by atoms with Gasteiger partial charge in [-0.15, -0.1) is 0 Å². The summed E-state index contributed by atoms with van der Waals surface area (Å²) in [6.45, 7) is 0. The molecule has 0 spiro atoms. The van der Waals surface area contributed by atoms with Crippen molar-refractivity contribution in [3.8, 4) is 6.07 Å². The highest BCUT2D eigenvalue weighted by molar-refractivity contribution is 7.84. The van der Waals surface area contributed by atoms with Crippen LogP contribution in [-0.2, 0) is 16.6 Å². The third kappa shape index (κ3) is 2.99. The summed E-state index contributed by atoms with van der Waals surface area (Å²) in [5.41, 5.74) is 1.06. The summed E-state index contributed by atoms with van der Waals surface area (Å²) >= 11 is 0. The molecular formula is C13H9FN2OS. The molecule has 1 aromatic carbocycles. The molecule has 90 valence electrons. The molecule has 0 N–H and O–H groups in total. The molecule has 0 amide bonds. The molecule has 3 nitrogen and oxygen atoms in total. The first-order valence-corrected chi connectivity index (χ1v) is 6.50. The van der Waals surface area contributed by atoms with Gasteiger partial charge in [-0.1, -0.05) is 0 Å². The zero-order valence-electron chi connectivity index (χ0n) is 9.34. The van der Waals surface area contributed by atoms with E-state index in [0.717, 1.165) is 5.56 Å². The molecule has 0 aliphatic heterocycles. The summed E-state index contributed by atoms with van der Waals surface area (Å²) in [6, 6.07) is 10.8. The average molecular weight is 260 g/mol. The number of hydrogen-bond donors (Lipinski definition) is 0. The Morgan fingerprint density at radius 1 is 1.28 bits per heavy atom. The van der Waals surface area contributed by atoms with E-state index < -0.39 is 10.8 Å². The van der Waals surface area contributed by atoms with E-state index in [2.05, 4.69) is 4.98 Å². The maximum Gasteiger partial charge on any atom is 0.140 e. The number of nitrogens with zero attached hydrogens (tertiary/aromatic N) is 2. The van der Waals surface area contributed by atoms with Crippen LogP contribution in [-0.4, -0.2) is 9.19 Å². The molecule has 0 aliphatic rings. The summed E-state index contributed by atoms with van der Waals surface area (Å²) in [5, 5.41) is 8.71. The van der Waals surface area contributed by atoms with Crippen LogP contribution in [0, 0.1) is 17.1 Å². The zero-order valence-corrected chi connectivity index (χ0v) is 10.2. The van der Waals surface area contributed by atoms with Gasteiger partial charge in [-0.3, -0.25) is 4.21 Å². The van der Waals surface area contributed by atoms with Crippen LogP contribution in [0.4, 0.5) is 4.39 Å². The van der Waals surface area contributed by atoms with E-state index >= 15 is 0 Å². The molecule has 18 heavy (non-hydrogen) atoms. The molecule has 2 aromatic rings. The van der Waals surface area contributed by atoms with E-state index in [0.29, 0.717) is 10.6 Å². The maximum absolute atomic E-state index is 12.7. The van der Waals surface area contributed by atoms with Gasteiger partial charge in [0.05, 0.1) is 16.6 Å². The Labute approximate surface area is 106 Å². The van der Waals surface area contributed by atoms with Crippen LogP contribution in [0.1, 0.15) is 11.3 Å². The summed E-state index contributed by atoms with van der Waals surface area (Å²) in [5.74, 6) is -0.0746. The molecule has 1 heterocycles. The van der Waals surface area contributed by atoms with Gasteiger partial charge in [0.15, 0.2) is 0 Å². The van der Waals surface area contributed by atoms with E-state index in [1.807, 2.05) is 6.07 Å². The fourth-order valence-corrected chi connectivity index (χ4v) is 2.53. The van der Waals surface area contributed by atoms with Crippen LogP contribution in [0.2, 0.25) is 0 Å². The van der Waals surface area contributed by atoms with Gasteiger partial charge in [0.1, 0.15) is 17.6 Å². The van der Waals surface area contributed by atoms with Gasteiger partial charge in [0.2, 0.25) is 0 Å². The van der Waals surface area contributed by atoms with Crippen molar-refractivity contribution < 1.29 is 8.60 Å². The van der Waals surface area contributed by atoms with Crippen LogP contribution in [0.5, 0.6) is 0 Å². The highest BCUT2D eigenvalue weighted by atomic mass is 32.2. The molecule has 0 radical (unpaired) electrons. The van der Waals surface area contributed by atoms with Gasteiger partial charge < -0.3 is 0 Å². The number of hydrogen-bond acceptors (Lipinski definition) is 3. The summed E-state index contributed by atoms with van der Waals surface area (Å²) in [6.07, 6.45) is 1.51. The van der Waals surface area contributed by atoms with Crippen molar-refractivity contribution in [3.05, 3.63) is 59.7 Å². The normalized spacial score (nSPS) is 11.8. The van der Waals surface area contributed by atoms with Gasteiger partial charge in [0.25, 0.3) is 0 Å². The topological polar surface area (TPSA) is 53.8 Å². The number of pyridine rings is 1. The third-order valence-electron chi connectivity index (χ3n) is 2.31. The second-order valence-electron chi connectivity index (χ2n) is 3.60. The van der Waals surface area contributed by atoms with Crippen molar-refractivity contribution in [2.75, 3.05) is 0 Å². The standard InChI is InChI=1S/C13H9FN2OS/c14-11-1-3-13(4-2-11)18(17)9-10-5-6-16-12(7-10)8-15/h1-7H,9H2. The predicted molar refractivity (Wildman–Crippen MR) is 65.5 cm³/mol. The van der Waals surface area contributed by atoms with Crippen molar-refractivity contribution in [3.63, 3.8) is 0 Å². The quantitative estimate of drug-likeness (QED) is 0.851. The number of halogens is 1. The lowest BCUT2D eigenvalue weighted by atomic mass is 10.2. The van der Waals surface area contributed by atoms with Gasteiger partial charge >= 0.3 is 0 Å². The molecule has 5 heteroatoms. The lowest BCUT2D eigenvalue weighted by molar-refractivity contribution is 0.626. The summed E-state index contributed by atoms with van der Waals surface area (Å²) in [4.78, 5) is 4.40. The molecule has 0 bridgehead atoms. The van der Waals surface area contributed by atoms with E-state index in [9.17, 15) is 8.60 Å². The van der Waals surface area contributed by atoms with Gasteiger partial charge in [0, 0.05) is 11.1 Å². The Hall–Kier alpha value is -2.06. The molecular weight excluding hydrogens is 251 g/mol. The van der Waals surface area contributed by atoms with Crippen molar-refractivity contribution in [2.45, 2.75) is 10.6 Å². The lowest BCUT2D eigenvalue weighted by Gasteiger charge is -2.02. The summed E-state index contributed by atoms with van der Waals surface area (Å²) in [7, 11) is -1.26. The fraction of sp³-hybridized carbons (Fsp3) is 0.0769. The van der Waals surface area contributed by atoms with Gasteiger partial charge in [-0.05, 0) is 42.0 Å². The first-order chi connectivity index (χ1) is 8.69. The van der Waals surface area contributed by atoms with Crippen molar-refractivity contribution in [2.24, 2.45) is 0 Å². The largest absolute Gasteiger partial charge is 0.254 e. The second-order valence-corrected chi connectivity index (χ2v) is 5.06. The Bertz CT molecular complexity index is 620. The SMILES string of the molecule is N#Cc1cc(CS(=O)c2ccc(F)cc2)ccn1. The number of benzene rings is 1. The molecule has 0 aliphatic carbocycles. The molecule has 0 fully saturated rings.